The largest absolute Gasteiger partial charge is 0.379 e. The van der Waals surface area contributed by atoms with E-state index in [4.69, 9.17) is 4.74 Å². The van der Waals surface area contributed by atoms with Gasteiger partial charge in [-0.15, -0.1) is 24.0 Å². The number of nitrogens with one attached hydrogen (secondary N) is 2. The third-order valence-electron chi connectivity index (χ3n) is 5.42. The van der Waals surface area contributed by atoms with Crippen LogP contribution in [0.5, 0.6) is 0 Å². The van der Waals surface area contributed by atoms with E-state index >= 15 is 0 Å². The molecule has 27 heavy (non-hydrogen) atoms. The van der Waals surface area contributed by atoms with Gasteiger partial charge < -0.3 is 15.4 Å². The first-order valence-electron chi connectivity index (χ1n) is 9.67. The zero-order valence-electron chi connectivity index (χ0n) is 16.4. The molecule has 0 spiro atoms. The Kier molecular flexibility index (Phi) is 10.2. The standard InChI is InChI=1S/C20H32N4OS.HI/c1-21-20(23-17-8-9-18(14-17)26-2)22-15-19(16-6-4-3-5-7-16)24-10-12-25-13-11-24;/h3-7,17-19H,8-15H2,1-2H3,(H2,21,22,23);1H. The van der Waals surface area contributed by atoms with Gasteiger partial charge in [0, 0.05) is 38.0 Å². The summed E-state index contributed by atoms with van der Waals surface area (Å²) in [5, 5.41) is 7.98. The molecule has 1 saturated carbocycles. The second-order valence-corrected chi connectivity index (χ2v) is 8.18. The van der Waals surface area contributed by atoms with E-state index in [1.165, 1.54) is 24.8 Å². The van der Waals surface area contributed by atoms with Crippen molar-refractivity contribution in [2.24, 2.45) is 4.99 Å². The molecule has 2 N–H and O–H groups in total. The highest BCUT2D eigenvalue weighted by molar-refractivity contribution is 14.0. The van der Waals surface area contributed by atoms with E-state index in [1.807, 2.05) is 18.8 Å². The molecule has 0 bridgehead atoms. The van der Waals surface area contributed by atoms with Crippen LogP contribution >= 0.6 is 35.7 Å². The van der Waals surface area contributed by atoms with Crippen molar-refractivity contribution in [2.75, 3.05) is 46.2 Å². The average Bonchev–Trinajstić information content (AvgIpc) is 3.16. The number of ether oxygens (including phenoxy) is 1. The van der Waals surface area contributed by atoms with Crippen LogP contribution in [0.15, 0.2) is 35.3 Å². The maximum absolute atomic E-state index is 5.54. The number of thioether (sulfide) groups is 1. The Morgan fingerprint density at radius 1 is 1.26 bits per heavy atom. The number of hydrogen-bond donors (Lipinski definition) is 2. The van der Waals surface area contributed by atoms with Crippen LogP contribution in [-0.4, -0.2) is 68.3 Å². The molecule has 1 aliphatic heterocycles. The van der Waals surface area contributed by atoms with Crippen molar-refractivity contribution >= 4 is 41.7 Å². The number of hydrogen-bond acceptors (Lipinski definition) is 4. The minimum Gasteiger partial charge on any atom is -0.379 e. The summed E-state index contributed by atoms with van der Waals surface area (Å²) in [6.07, 6.45) is 5.98. The molecule has 0 amide bonds. The van der Waals surface area contributed by atoms with Gasteiger partial charge in [0.25, 0.3) is 0 Å². The molecule has 3 atom stereocenters. The summed E-state index contributed by atoms with van der Waals surface area (Å²) in [6, 6.07) is 11.6. The van der Waals surface area contributed by atoms with Gasteiger partial charge in [-0.1, -0.05) is 30.3 Å². The fourth-order valence-electron chi connectivity index (χ4n) is 3.89. The van der Waals surface area contributed by atoms with Crippen molar-refractivity contribution in [1.29, 1.82) is 0 Å². The maximum Gasteiger partial charge on any atom is 0.191 e. The van der Waals surface area contributed by atoms with Crippen molar-refractivity contribution in [3.8, 4) is 0 Å². The van der Waals surface area contributed by atoms with Crippen LogP contribution in [0, 0.1) is 0 Å². The lowest BCUT2D eigenvalue weighted by Crippen LogP contribution is -2.48. The van der Waals surface area contributed by atoms with Gasteiger partial charge >= 0.3 is 0 Å². The van der Waals surface area contributed by atoms with E-state index < -0.39 is 0 Å². The number of nitrogens with zero attached hydrogens (tertiary/aromatic N) is 2. The number of benzene rings is 1. The van der Waals surface area contributed by atoms with Crippen molar-refractivity contribution in [3.63, 3.8) is 0 Å². The van der Waals surface area contributed by atoms with Crippen LogP contribution in [0.25, 0.3) is 0 Å². The third-order valence-corrected chi connectivity index (χ3v) is 6.51. The highest BCUT2D eigenvalue weighted by atomic mass is 127. The molecule has 0 aromatic heterocycles. The predicted molar refractivity (Wildman–Crippen MR) is 126 cm³/mol. The molecule has 3 unspecified atom stereocenters. The second kappa shape index (κ2) is 12.1. The number of morpholine rings is 1. The van der Waals surface area contributed by atoms with Crippen molar-refractivity contribution < 1.29 is 4.74 Å². The van der Waals surface area contributed by atoms with Crippen LogP contribution in [0.1, 0.15) is 30.9 Å². The first-order chi connectivity index (χ1) is 12.8. The molecule has 7 heteroatoms. The van der Waals surface area contributed by atoms with Crippen molar-refractivity contribution in [1.82, 2.24) is 15.5 Å². The van der Waals surface area contributed by atoms with E-state index in [2.05, 4.69) is 57.1 Å². The quantitative estimate of drug-likeness (QED) is 0.354. The minimum absolute atomic E-state index is 0. The predicted octanol–water partition coefficient (Wildman–Crippen LogP) is 3.13. The normalized spacial score (nSPS) is 24.9. The first-order valence-corrected chi connectivity index (χ1v) is 11.0. The Bertz CT molecular complexity index is 568. The van der Waals surface area contributed by atoms with Crippen LogP contribution in [0.2, 0.25) is 0 Å². The average molecular weight is 504 g/mol. The van der Waals surface area contributed by atoms with E-state index in [9.17, 15) is 0 Å². The fourth-order valence-corrected chi connectivity index (χ4v) is 4.69. The molecule has 1 aliphatic carbocycles. The molecule has 152 valence electrons. The van der Waals surface area contributed by atoms with Gasteiger partial charge in [0.2, 0.25) is 0 Å². The Balaban J connectivity index is 0.00000261. The number of halogens is 1. The summed E-state index contributed by atoms with van der Waals surface area (Å²) in [4.78, 5) is 6.97. The maximum atomic E-state index is 5.54. The molecule has 3 rings (SSSR count). The van der Waals surface area contributed by atoms with Gasteiger partial charge in [0.05, 0.1) is 19.3 Å². The lowest BCUT2D eigenvalue weighted by atomic mass is 10.0. The first kappa shape index (κ1) is 22.8. The lowest BCUT2D eigenvalue weighted by molar-refractivity contribution is 0.0170. The molecule has 2 fully saturated rings. The Labute approximate surface area is 185 Å². The highest BCUT2D eigenvalue weighted by Crippen LogP contribution is 2.28. The topological polar surface area (TPSA) is 48.9 Å². The second-order valence-electron chi connectivity index (χ2n) is 7.04. The van der Waals surface area contributed by atoms with Crippen molar-refractivity contribution in [2.45, 2.75) is 36.6 Å². The van der Waals surface area contributed by atoms with Crippen LogP contribution in [0.3, 0.4) is 0 Å². The van der Waals surface area contributed by atoms with Gasteiger partial charge in [-0.25, -0.2) is 0 Å². The zero-order valence-corrected chi connectivity index (χ0v) is 19.5. The zero-order chi connectivity index (χ0) is 18.2. The van der Waals surface area contributed by atoms with E-state index in [0.717, 1.165) is 44.1 Å². The number of rotatable bonds is 6. The summed E-state index contributed by atoms with van der Waals surface area (Å²) in [6.45, 7) is 4.43. The minimum atomic E-state index is 0. The van der Waals surface area contributed by atoms with Gasteiger partial charge in [-0.2, -0.15) is 11.8 Å². The summed E-state index contributed by atoms with van der Waals surface area (Å²) < 4.78 is 5.54. The van der Waals surface area contributed by atoms with E-state index in [-0.39, 0.29) is 24.0 Å². The van der Waals surface area contributed by atoms with Crippen LogP contribution < -0.4 is 10.6 Å². The number of guanidine groups is 1. The van der Waals surface area contributed by atoms with Gasteiger partial charge in [-0.3, -0.25) is 9.89 Å². The Morgan fingerprint density at radius 3 is 2.63 bits per heavy atom. The summed E-state index contributed by atoms with van der Waals surface area (Å²) in [5.41, 5.74) is 1.35. The van der Waals surface area contributed by atoms with Gasteiger partial charge in [0.15, 0.2) is 5.96 Å². The Morgan fingerprint density at radius 2 is 2.00 bits per heavy atom. The van der Waals surface area contributed by atoms with E-state index in [1.54, 1.807) is 0 Å². The smallest absolute Gasteiger partial charge is 0.191 e. The molecular weight excluding hydrogens is 471 g/mol. The molecule has 1 aromatic carbocycles. The van der Waals surface area contributed by atoms with Crippen molar-refractivity contribution in [3.05, 3.63) is 35.9 Å². The Hall–Kier alpha value is -0.510. The monoisotopic (exact) mass is 504 g/mol. The van der Waals surface area contributed by atoms with Gasteiger partial charge in [0.1, 0.15) is 0 Å². The van der Waals surface area contributed by atoms with Gasteiger partial charge in [-0.05, 0) is 31.1 Å². The molecule has 1 aromatic rings. The molecule has 1 heterocycles. The summed E-state index contributed by atoms with van der Waals surface area (Å²) >= 11 is 1.99. The fraction of sp³-hybridized carbons (Fsp3) is 0.650. The summed E-state index contributed by atoms with van der Waals surface area (Å²) in [5.74, 6) is 0.922. The molecule has 0 radical (unpaired) electrons. The third kappa shape index (κ3) is 6.80. The molecular formula is C20H33IN4OS. The molecule has 5 nitrogen and oxygen atoms in total. The molecule has 2 aliphatic rings. The lowest BCUT2D eigenvalue weighted by Gasteiger charge is -2.35. The van der Waals surface area contributed by atoms with Crippen LogP contribution in [0.4, 0.5) is 0 Å². The van der Waals surface area contributed by atoms with E-state index in [0.29, 0.717) is 12.1 Å². The molecule has 1 saturated heterocycles. The highest BCUT2D eigenvalue weighted by Gasteiger charge is 2.26. The van der Waals surface area contributed by atoms with Crippen LogP contribution in [-0.2, 0) is 4.74 Å². The SMILES string of the molecule is CN=C(NCC(c1ccccc1)N1CCOCC1)NC1CCC(SC)C1.I. The summed E-state index contributed by atoms with van der Waals surface area (Å²) in [7, 11) is 1.86. The number of aliphatic imine (C=N–C) groups is 1.